The normalized spacial score (nSPS) is 16.6. The van der Waals surface area contributed by atoms with Crippen molar-refractivity contribution in [1.29, 1.82) is 0 Å². The summed E-state index contributed by atoms with van der Waals surface area (Å²) in [5, 5.41) is 0. The molecule has 0 radical (unpaired) electrons. The number of unbranched alkanes of at least 4 members (excludes halogenated alkanes) is 2. The van der Waals surface area contributed by atoms with Crippen LogP contribution in [0, 0.1) is 11.8 Å². The molecule has 0 saturated heterocycles. The molecule has 0 aromatic heterocycles. The number of rotatable bonds is 14. The van der Waals surface area contributed by atoms with Crippen LogP contribution in [0.5, 0.6) is 0 Å². The molecule has 0 aliphatic rings. The quantitative estimate of drug-likeness (QED) is 0.360. The third-order valence-corrected chi connectivity index (χ3v) is 4.98. The van der Waals surface area contributed by atoms with Gasteiger partial charge in [0, 0.05) is 0 Å². The van der Waals surface area contributed by atoms with Crippen molar-refractivity contribution in [1.82, 2.24) is 0 Å². The summed E-state index contributed by atoms with van der Waals surface area (Å²) in [4.78, 5) is 9.77. The summed E-state index contributed by atoms with van der Waals surface area (Å²) in [6.45, 7) is 9.10. The fourth-order valence-electron chi connectivity index (χ4n) is 2.23. The van der Waals surface area contributed by atoms with Crippen molar-refractivity contribution in [2.24, 2.45) is 11.8 Å². The summed E-state index contributed by atoms with van der Waals surface area (Å²) >= 11 is 0. The van der Waals surface area contributed by atoms with Crippen LogP contribution in [0.4, 0.5) is 0 Å². The Kier molecular flexibility index (Phi) is 18.5. The second-order valence-corrected chi connectivity index (χ2v) is 7.35. The molecular weight excluding hydrogens is 327 g/mol. The van der Waals surface area contributed by atoms with E-state index in [4.69, 9.17) is 9.05 Å². The molecule has 1 N–H and O–H groups in total. The Morgan fingerprint density at radius 3 is 1.50 bits per heavy atom. The Morgan fingerprint density at radius 1 is 0.864 bits per heavy atom. The second kappa shape index (κ2) is 15.9. The standard InChI is InChI=1S/C16H35O4P.Ca.2H/c1-5-9-11-15(7-3)13-19-21(17,18)20-14-16(8-4)12-10-6-2;;;/h15-16H,5-14H2,1-4H3,(H,17,18);;;. The molecule has 0 aliphatic heterocycles. The number of hydrogen-bond acceptors (Lipinski definition) is 3. The van der Waals surface area contributed by atoms with Gasteiger partial charge in [-0.25, -0.2) is 4.57 Å². The van der Waals surface area contributed by atoms with Crippen LogP contribution < -0.4 is 0 Å². The summed E-state index contributed by atoms with van der Waals surface area (Å²) in [6, 6.07) is 0. The first-order valence-corrected chi connectivity index (χ1v) is 10.1. The molecule has 0 spiro atoms. The maximum absolute atomic E-state index is 11.9. The molecule has 22 heavy (non-hydrogen) atoms. The first kappa shape index (κ1) is 25.6. The van der Waals surface area contributed by atoms with Crippen LogP contribution in [0.1, 0.15) is 79.1 Å². The summed E-state index contributed by atoms with van der Waals surface area (Å²) in [5.74, 6) is 0.687. The third kappa shape index (κ3) is 13.8. The minimum absolute atomic E-state index is 0. The zero-order valence-corrected chi connectivity index (χ0v) is 15.2. The SMILES string of the molecule is CCCCC(CC)COP(=O)(O)OCC(CC)CCCC.[CaH2]. The average molecular weight is 365 g/mol. The van der Waals surface area contributed by atoms with Gasteiger partial charge in [-0.15, -0.1) is 0 Å². The van der Waals surface area contributed by atoms with E-state index in [1.165, 1.54) is 0 Å². The van der Waals surface area contributed by atoms with Crippen molar-refractivity contribution in [3.05, 3.63) is 0 Å². The molecular formula is C16H37CaO4P. The Bertz CT molecular complexity index is 265. The van der Waals surface area contributed by atoms with Crippen molar-refractivity contribution < 1.29 is 18.5 Å². The van der Waals surface area contributed by atoms with Gasteiger partial charge in [-0.3, -0.25) is 9.05 Å². The van der Waals surface area contributed by atoms with Crippen LogP contribution in [0.15, 0.2) is 0 Å². The molecule has 0 aromatic carbocycles. The minimum atomic E-state index is -3.89. The molecule has 6 heteroatoms. The van der Waals surface area contributed by atoms with Gasteiger partial charge >= 0.3 is 45.6 Å². The number of hydrogen-bond donors (Lipinski definition) is 1. The van der Waals surface area contributed by atoms with Gasteiger partial charge in [-0.2, -0.15) is 0 Å². The van der Waals surface area contributed by atoms with Gasteiger partial charge in [-0.1, -0.05) is 66.2 Å². The van der Waals surface area contributed by atoms with E-state index in [-0.39, 0.29) is 37.7 Å². The molecule has 2 unspecified atom stereocenters. The molecule has 0 saturated carbocycles. The van der Waals surface area contributed by atoms with Gasteiger partial charge in [0.15, 0.2) is 0 Å². The Labute approximate surface area is 167 Å². The summed E-state index contributed by atoms with van der Waals surface area (Å²) in [5.41, 5.74) is 0. The number of phosphoric ester groups is 1. The van der Waals surface area contributed by atoms with Gasteiger partial charge in [0.1, 0.15) is 0 Å². The molecule has 0 bridgehead atoms. The van der Waals surface area contributed by atoms with E-state index in [0.717, 1.165) is 51.4 Å². The Balaban J connectivity index is 0. The fraction of sp³-hybridized carbons (Fsp3) is 1.00. The topological polar surface area (TPSA) is 55.8 Å². The van der Waals surface area contributed by atoms with E-state index < -0.39 is 7.82 Å². The molecule has 2 atom stereocenters. The Morgan fingerprint density at radius 2 is 1.23 bits per heavy atom. The van der Waals surface area contributed by atoms with Crippen molar-refractivity contribution >= 4 is 45.6 Å². The molecule has 132 valence electrons. The monoisotopic (exact) mass is 364 g/mol. The van der Waals surface area contributed by atoms with Gasteiger partial charge in [0.05, 0.1) is 13.2 Å². The van der Waals surface area contributed by atoms with Gasteiger partial charge in [0.2, 0.25) is 0 Å². The molecule has 0 fully saturated rings. The first-order chi connectivity index (χ1) is 9.99. The van der Waals surface area contributed by atoms with Crippen LogP contribution in [0.2, 0.25) is 0 Å². The van der Waals surface area contributed by atoms with E-state index in [1.807, 2.05) is 0 Å². The summed E-state index contributed by atoms with van der Waals surface area (Å²) in [6.07, 6.45) is 8.56. The molecule has 0 heterocycles. The van der Waals surface area contributed by atoms with Crippen LogP contribution >= 0.6 is 7.82 Å². The summed E-state index contributed by atoms with van der Waals surface area (Å²) < 4.78 is 22.2. The predicted molar refractivity (Wildman–Crippen MR) is 96.9 cm³/mol. The van der Waals surface area contributed by atoms with Crippen LogP contribution in [-0.2, 0) is 13.6 Å². The van der Waals surface area contributed by atoms with Crippen LogP contribution in [-0.4, -0.2) is 55.8 Å². The van der Waals surface area contributed by atoms with E-state index in [0.29, 0.717) is 25.0 Å². The average Bonchev–Trinajstić information content (AvgIpc) is 2.47. The summed E-state index contributed by atoms with van der Waals surface area (Å²) in [7, 11) is -3.89. The van der Waals surface area contributed by atoms with Gasteiger partial charge in [-0.05, 0) is 24.7 Å². The van der Waals surface area contributed by atoms with Crippen molar-refractivity contribution in [2.45, 2.75) is 79.1 Å². The first-order valence-electron chi connectivity index (χ1n) is 8.60. The zero-order chi connectivity index (χ0) is 16.1. The van der Waals surface area contributed by atoms with E-state index >= 15 is 0 Å². The van der Waals surface area contributed by atoms with Crippen LogP contribution in [0.3, 0.4) is 0 Å². The molecule has 0 aliphatic carbocycles. The molecule has 0 amide bonds. The van der Waals surface area contributed by atoms with Crippen LogP contribution in [0.25, 0.3) is 0 Å². The second-order valence-electron chi connectivity index (χ2n) is 5.89. The predicted octanol–water partition coefficient (Wildman–Crippen LogP) is 4.64. The van der Waals surface area contributed by atoms with Gasteiger partial charge < -0.3 is 4.89 Å². The van der Waals surface area contributed by atoms with E-state index in [2.05, 4.69) is 27.7 Å². The third-order valence-electron chi connectivity index (χ3n) is 4.03. The van der Waals surface area contributed by atoms with Gasteiger partial charge in [0.25, 0.3) is 0 Å². The maximum atomic E-state index is 11.9. The van der Waals surface area contributed by atoms with Crippen molar-refractivity contribution in [3.63, 3.8) is 0 Å². The zero-order valence-electron chi connectivity index (χ0n) is 14.3. The Hall–Kier alpha value is 1.37. The van der Waals surface area contributed by atoms with Crippen molar-refractivity contribution in [2.75, 3.05) is 13.2 Å². The molecule has 4 nitrogen and oxygen atoms in total. The van der Waals surface area contributed by atoms with Crippen molar-refractivity contribution in [3.8, 4) is 0 Å². The number of phosphoric acid groups is 1. The van der Waals surface area contributed by atoms with E-state index in [9.17, 15) is 9.46 Å². The molecule has 0 aromatic rings. The molecule has 0 rings (SSSR count). The fourth-order valence-corrected chi connectivity index (χ4v) is 3.11. The van der Waals surface area contributed by atoms with E-state index in [1.54, 1.807) is 0 Å².